The molecule has 0 radical (unpaired) electrons. The number of aromatic nitrogens is 2. The largest absolute Gasteiger partial charge is 0.313 e. The van der Waals surface area contributed by atoms with Crippen LogP contribution in [0.25, 0.3) is 0 Å². The van der Waals surface area contributed by atoms with Gasteiger partial charge in [0.15, 0.2) is 0 Å². The van der Waals surface area contributed by atoms with Gasteiger partial charge in [0.25, 0.3) is 0 Å². The topological polar surface area (TPSA) is 76.0 Å². The average molecular weight is 300 g/mol. The van der Waals surface area contributed by atoms with Gasteiger partial charge in [-0.1, -0.05) is 20.8 Å². The van der Waals surface area contributed by atoms with Crippen LogP contribution in [0.15, 0.2) is 17.3 Å². The average Bonchev–Trinajstić information content (AvgIpc) is 2.87. The molecule has 0 aliphatic heterocycles. The number of hydrogen-bond donors (Lipinski definition) is 2. The molecule has 7 heteroatoms. The van der Waals surface area contributed by atoms with Gasteiger partial charge in [0.1, 0.15) is 4.90 Å². The minimum Gasteiger partial charge on any atom is -0.313 e. The van der Waals surface area contributed by atoms with E-state index in [1.807, 2.05) is 0 Å². The van der Waals surface area contributed by atoms with Crippen molar-refractivity contribution in [2.75, 3.05) is 13.1 Å². The van der Waals surface area contributed by atoms with Crippen LogP contribution in [0.5, 0.6) is 0 Å². The van der Waals surface area contributed by atoms with Crippen molar-refractivity contribution in [3.05, 3.63) is 12.4 Å². The Labute approximate surface area is 121 Å². The van der Waals surface area contributed by atoms with E-state index in [4.69, 9.17) is 0 Å². The Morgan fingerprint density at radius 2 is 2.20 bits per heavy atom. The molecule has 0 saturated heterocycles. The van der Waals surface area contributed by atoms with Crippen LogP contribution in [0.4, 0.5) is 0 Å². The van der Waals surface area contributed by atoms with Gasteiger partial charge in [0.05, 0.1) is 12.7 Å². The lowest BCUT2D eigenvalue weighted by Gasteiger charge is -2.07. The zero-order valence-electron chi connectivity index (χ0n) is 12.3. The molecule has 2 rings (SSSR count). The number of rotatable bonds is 8. The molecule has 2 unspecified atom stereocenters. The van der Waals surface area contributed by atoms with Gasteiger partial charge >= 0.3 is 0 Å². The first kappa shape index (κ1) is 15.5. The van der Waals surface area contributed by atoms with Crippen LogP contribution in [-0.4, -0.2) is 37.3 Å². The fourth-order valence-electron chi connectivity index (χ4n) is 2.06. The number of nitrogens with one attached hydrogen (secondary N) is 2. The van der Waals surface area contributed by atoms with E-state index in [0.29, 0.717) is 31.0 Å². The van der Waals surface area contributed by atoms with Gasteiger partial charge < -0.3 is 5.32 Å². The van der Waals surface area contributed by atoms with Crippen molar-refractivity contribution in [3.8, 4) is 0 Å². The van der Waals surface area contributed by atoms with Gasteiger partial charge in [-0.25, -0.2) is 13.1 Å². The molecule has 1 aromatic rings. The fraction of sp³-hybridized carbons (Fsp3) is 0.769. The van der Waals surface area contributed by atoms with Crippen LogP contribution in [-0.2, 0) is 16.6 Å². The Morgan fingerprint density at radius 3 is 2.80 bits per heavy atom. The Balaban J connectivity index is 1.86. The summed E-state index contributed by atoms with van der Waals surface area (Å²) in [4.78, 5) is 0.246. The third kappa shape index (κ3) is 4.29. The molecule has 1 aliphatic rings. The first-order valence-corrected chi connectivity index (χ1v) is 8.62. The molecular formula is C13H24N4O2S. The molecule has 1 aliphatic carbocycles. The van der Waals surface area contributed by atoms with Gasteiger partial charge in [-0.05, 0) is 18.3 Å². The summed E-state index contributed by atoms with van der Waals surface area (Å²) in [7, 11) is -3.41. The van der Waals surface area contributed by atoms with Crippen molar-refractivity contribution >= 4 is 10.0 Å². The van der Waals surface area contributed by atoms with Crippen LogP contribution >= 0.6 is 0 Å². The van der Waals surface area contributed by atoms with Crippen LogP contribution in [0.3, 0.4) is 0 Å². The lowest BCUT2D eigenvalue weighted by molar-refractivity contribution is 0.514. The maximum Gasteiger partial charge on any atom is 0.243 e. The zero-order chi connectivity index (χ0) is 14.8. The van der Waals surface area contributed by atoms with Crippen LogP contribution in [0.1, 0.15) is 27.2 Å². The molecule has 0 aromatic carbocycles. The first-order valence-electron chi connectivity index (χ1n) is 7.14. The summed E-state index contributed by atoms with van der Waals surface area (Å²) < 4.78 is 28.5. The molecule has 1 saturated carbocycles. The van der Waals surface area contributed by atoms with Crippen molar-refractivity contribution < 1.29 is 8.42 Å². The lowest BCUT2D eigenvalue weighted by Crippen LogP contribution is -2.27. The molecule has 1 aromatic heterocycles. The predicted molar refractivity (Wildman–Crippen MR) is 77.8 cm³/mol. The summed E-state index contributed by atoms with van der Waals surface area (Å²) in [6.45, 7) is 8.24. The maximum absolute atomic E-state index is 12.1. The quantitative estimate of drug-likeness (QED) is 0.745. The molecule has 1 fully saturated rings. The number of hydrogen-bond acceptors (Lipinski definition) is 4. The Bertz CT molecular complexity index is 538. The second-order valence-corrected chi connectivity index (χ2v) is 7.64. The monoisotopic (exact) mass is 300 g/mol. The van der Waals surface area contributed by atoms with Gasteiger partial charge in [0, 0.05) is 25.3 Å². The molecule has 0 spiro atoms. The molecule has 1 heterocycles. The van der Waals surface area contributed by atoms with Crippen LogP contribution in [0, 0.1) is 11.8 Å². The highest BCUT2D eigenvalue weighted by Gasteiger charge is 2.33. The van der Waals surface area contributed by atoms with Gasteiger partial charge in [0.2, 0.25) is 10.0 Å². The normalized spacial score (nSPS) is 22.4. The second-order valence-electron chi connectivity index (χ2n) is 5.87. The van der Waals surface area contributed by atoms with Crippen molar-refractivity contribution in [1.29, 1.82) is 0 Å². The van der Waals surface area contributed by atoms with E-state index < -0.39 is 10.0 Å². The molecule has 114 valence electrons. The van der Waals surface area contributed by atoms with Crippen molar-refractivity contribution in [1.82, 2.24) is 19.8 Å². The predicted octanol–water partition coefficient (Wildman–Crippen LogP) is 0.815. The molecular weight excluding hydrogens is 276 g/mol. The number of sulfonamides is 1. The van der Waals surface area contributed by atoms with E-state index in [-0.39, 0.29) is 4.90 Å². The van der Waals surface area contributed by atoms with Crippen molar-refractivity contribution in [3.63, 3.8) is 0 Å². The standard InChI is InChI=1S/C13H24N4O2S/c1-10(2)14-4-5-17-9-13(8-15-17)20(18,19)16-7-12-6-11(12)3/h8-12,14,16H,4-7H2,1-3H3. The third-order valence-corrected chi connectivity index (χ3v) is 5.00. The maximum atomic E-state index is 12.1. The Hall–Kier alpha value is -0.920. The van der Waals surface area contributed by atoms with Crippen molar-refractivity contribution in [2.24, 2.45) is 11.8 Å². The summed E-state index contributed by atoms with van der Waals surface area (Å²) >= 11 is 0. The summed E-state index contributed by atoms with van der Waals surface area (Å²) in [6.07, 6.45) is 4.11. The fourth-order valence-corrected chi connectivity index (χ4v) is 3.10. The molecule has 20 heavy (non-hydrogen) atoms. The Morgan fingerprint density at radius 1 is 1.50 bits per heavy atom. The zero-order valence-corrected chi connectivity index (χ0v) is 13.2. The SMILES string of the molecule is CC(C)NCCn1cc(S(=O)(=O)NCC2CC2C)cn1. The summed E-state index contributed by atoms with van der Waals surface area (Å²) in [5, 5.41) is 7.36. The van der Waals surface area contributed by atoms with Crippen LogP contribution < -0.4 is 10.0 Å². The molecule has 6 nitrogen and oxygen atoms in total. The smallest absolute Gasteiger partial charge is 0.243 e. The molecule has 2 atom stereocenters. The van der Waals surface area contributed by atoms with E-state index in [1.54, 1.807) is 10.9 Å². The summed E-state index contributed by atoms with van der Waals surface area (Å²) in [5.74, 6) is 1.14. The van der Waals surface area contributed by atoms with E-state index in [2.05, 4.69) is 35.9 Å². The lowest BCUT2D eigenvalue weighted by atomic mass is 10.3. The van der Waals surface area contributed by atoms with E-state index >= 15 is 0 Å². The highest BCUT2D eigenvalue weighted by atomic mass is 32.2. The second kappa shape index (κ2) is 6.24. The summed E-state index contributed by atoms with van der Waals surface area (Å²) in [6, 6.07) is 0.413. The van der Waals surface area contributed by atoms with E-state index in [0.717, 1.165) is 13.0 Å². The first-order chi connectivity index (χ1) is 9.38. The van der Waals surface area contributed by atoms with E-state index in [1.165, 1.54) is 6.20 Å². The van der Waals surface area contributed by atoms with E-state index in [9.17, 15) is 8.42 Å². The number of nitrogens with zero attached hydrogens (tertiary/aromatic N) is 2. The highest BCUT2D eigenvalue weighted by Crippen LogP contribution is 2.37. The minimum absolute atomic E-state index is 0.246. The molecule has 0 bridgehead atoms. The summed E-state index contributed by atoms with van der Waals surface area (Å²) in [5.41, 5.74) is 0. The Kier molecular flexibility index (Phi) is 4.82. The molecule has 0 amide bonds. The third-order valence-electron chi connectivity index (χ3n) is 3.63. The van der Waals surface area contributed by atoms with Crippen molar-refractivity contribution in [2.45, 2.75) is 44.7 Å². The van der Waals surface area contributed by atoms with Gasteiger partial charge in [-0.2, -0.15) is 5.10 Å². The highest BCUT2D eigenvalue weighted by molar-refractivity contribution is 7.89. The molecule has 2 N–H and O–H groups in total. The van der Waals surface area contributed by atoms with Gasteiger partial charge in [-0.3, -0.25) is 4.68 Å². The van der Waals surface area contributed by atoms with Gasteiger partial charge in [-0.15, -0.1) is 0 Å². The van der Waals surface area contributed by atoms with Crippen LogP contribution in [0.2, 0.25) is 0 Å². The minimum atomic E-state index is -3.41.